The second-order valence-corrected chi connectivity index (χ2v) is 25.6. The van der Waals surface area contributed by atoms with Crippen molar-refractivity contribution in [3.05, 3.63) is 0 Å². The molecule has 0 radical (unpaired) electrons. The van der Waals surface area contributed by atoms with Gasteiger partial charge >= 0.3 is 23.1 Å². The van der Waals surface area contributed by atoms with Crippen molar-refractivity contribution in [1.29, 1.82) is 0 Å². The van der Waals surface area contributed by atoms with Crippen LogP contribution in [0.4, 0.5) is 0 Å². The Balaban J connectivity index is 4.66. The summed E-state index contributed by atoms with van der Waals surface area (Å²) in [6.45, 7) is 22.5. The van der Waals surface area contributed by atoms with Gasteiger partial charge in [-0.1, -0.05) is 0 Å². The van der Waals surface area contributed by atoms with E-state index in [4.69, 9.17) is 21.8 Å². The van der Waals surface area contributed by atoms with E-state index in [1.165, 1.54) is 6.92 Å². The highest BCUT2D eigenvalue weighted by molar-refractivity contribution is 6.89. The molecule has 0 amide bonds. The number of carbonyl (C=O) groups is 1. The number of ether oxygens (including phenoxy) is 2. The third-order valence-electron chi connectivity index (χ3n) is 2.97. The lowest BCUT2D eigenvalue weighted by Crippen LogP contribution is -2.57. The maximum Gasteiger partial charge on any atom is 0.318 e. The zero-order valence-corrected chi connectivity index (χ0v) is 22.5. The molecule has 10 heteroatoms. The van der Waals surface area contributed by atoms with Crippen LogP contribution >= 0.6 is 0 Å². The van der Waals surface area contributed by atoms with Crippen LogP contribution in [0, 0.1) is 0 Å². The van der Waals surface area contributed by atoms with Crippen LogP contribution in [0.25, 0.3) is 0 Å². The van der Waals surface area contributed by atoms with Gasteiger partial charge in [0.15, 0.2) is 16.6 Å². The molecule has 0 rings (SSSR count). The molecule has 1 unspecified atom stereocenters. The van der Waals surface area contributed by atoms with Crippen molar-refractivity contribution in [3.8, 4) is 0 Å². The highest BCUT2D eigenvalue weighted by atomic mass is 28.5. The van der Waals surface area contributed by atoms with Gasteiger partial charge in [0.2, 0.25) is 0 Å². The minimum Gasteiger partial charge on any atom is -0.466 e. The first-order chi connectivity index (χ1) is 11.5. The molecule has 0 bridgehead atoms. The first kappa shape index (κ1) is 26.2. The lowest BCUT2D eigenvalue weighted by molar-refractivity contribution is -0.141. The first-order valence-electron chi connectivity index (χ1n) is 9.35. The van der Waals surface area contributed by atoms with Crippen molar-refractivity contribution >= 4 is 39.7 Å². The van der Waals surface area contributed by atoms with Crippen molar-refractivity contribution in [1.82, 2.24) is 0 Å². The summed E-state index contributed by atoms with van der Waals surface area (Å²) in [7, 11) is -8.07. The predicted molar refractivity (Wildman–Crippen MR) is 116 cm³/mol. The number of hydrogen-bond donors (Lipinski definition) is 0. The molecule has 0 aliphatic carbocycles. The van der Waals surface area contributed by atoms with Crippen LogP contribution in [0.15, 0.2) is 0 Å². The fraction of sp³-hybridized carbons (Fsp3) is 0.938. The van der Waals surface area contributed by atoms with Gasteiger partial charge in [0, 0.05) is 32.6 Å². The zero-order valence-electron chi connectivity index (χ0n) is 18.5. The van der Waals surface area contributed by atoms with Crippen LogP contribution in [0.5, 0.6) is 0 Å². The van der Waals surface area contributed by atoms with Crippen molar-refractivity contribution in [2.24, 2.45) is 0 Å². The van der Waals surface area contributed by atoms with Crippen LogP contribution in [0.3, 0.4) is 0 Å². The fourth-order valence-corrected chi connectivity index (χ4v) is 20.4. The molecule has 0 aromatic heterocycles. The standard InChI is InChI=1S/C16H40O6Si4/c1-16(17)19-13-11-12-18-14-15-26(10,21-24(5,6)7)22-25(8,9)20-23(2,3)4/h11-15H2,1-10H3. The molecule has 0 aliphatic rings. The smallest absolute Gasteiger partial charge is 0.318 e. The van der Waals surface area contributed by atoms with Crippen molar-refractivity contribution in [3.63, 3.8) is 0 Å². The molecule has 26 heavy (non-hydrogen) atoms. The second kappa shape index (κ2) is 10.6. The number of rotatable bonds is 13. The third kappa shape index (κ3) is 15.3. The SMILES string of the molecule is CC(=O)OCCCOCC[Si](C)(O[Si](C)(C)C)O[Si](C)(C)O[Si](C)(C)C. The Hall–Kier alpha value is 0.178. The van der Waals surface area contributed by atoms with Crippen LogP contribution in [0.2, 0.25) is 65.0 Å². The summed E-state index contributed by atoms with van der Waals surface area (Å²) in [4.78, 5) is 10.7. The summed E-state index contributed by atoms with van der Waals surface area (Å²) in [6.07, 6.45) is 0.701. The van der Waals surface area contributed by atoms with Gasteiger partial charge in [-0.3, -0.25) is 4.79 Å². The average Bonchev–Trinajstić information content (AvgIpc) is 2.30. The van der Waals surface area contributed by atoms with Gasteiger partial charge in [0.1, 0.15) is 0 Å². The number of carbonyl (C=O) groups excluding carboxylic acids is 1. The van der Waals surface area contributed by atoms with Crippen LogP contribution < -0.4 is 0 Å². The molecule has 0 aromatic carbocycles. The molecule has 0 saturated carbocycles. The molecule has 0 heterocycles. The highest BCUT2D eigenvalue weighted by Gasteiger charge is 2.44. The summed E-state index contributed by atoms with van der Waals surface area (Å²) in [6, 6.07) is 0.774. The van der Waals surface area contributed by atoms with Gasteiger partial charge in [0.05, 0.1) is 6.61 Å². The number of esters is 1. The van der Waals surface area contributed by atoms with E-state index in [1.54, 1.807) is 0 Å². The summed E-state index contributed by atoms with van der Waals surface area (Å²) >= 11 is 0. The normalized spacial score (nSPS) is 15.6. The lowest BCUT2D eigenvalue weighted by Gasteiger charge is -2.41. The maximum absolute atomic E-state index is 10.7. The van der Waals surface area contributed by atoms with Crippen molar-refractivity contribution in [2.75, 3.05) is 19.8 Å². The quantitative estimate of drug-likeness (QED) is 0.239. The van der Waals surface area contributed by atoms with E-state index in [2.05, 4.69) is 58.9 Å². The Morgan fingerprint density at radius 3 is 1.73 bits per heavy atom. The van der Waals surface area contributed by atoms with Crippen LogP contribution in [0.1, 0.15) is 13.3 Å². The van der Waals surface area contributed by atoms with E-state index in [0.717, 1.165) is 6.04 Å². The molecular weight excluding hydrogens is 401 g/mol. The first-order valence-corrected chi connectivity index (χ1v) is 21.5. The molecule has 1 atom stereocenters. The number of hydrogen-bond acceptors (Lipinski definition) is 6. The summed E-state index contributed by atoms with van der Waals surface area (Å²) in [5.41, 5.74) is 0. The molecule has 0 aromatic rings. The molecule has 6 nitrogen and oxygen atoms in total. The van der Waals surface area contributed by atoms with Crippen LogP contribution in [-0.2, 0) is 26.6 Å². The Morgan fingerprint density at radius 1 is 0.731 bits per heavy atom. The molecule has 0 N–H and O–H groups in total. The Morgan fingerprint density at radius 2 is 1.27 bits per heavy atom. The average molecular weight is 441 g/mol. The molecule has 0 fully saturated rings. The Kier molecular flexibility index (Phi) is 10.7. The van der Waals surface area contributed by atoms with E-state index in [9.17, 15) is 4.79 Å². The zero-order chi connectivity index (χ0) is 20.6. The molecular formula is C16H40O6Si4. The maximum atomic E-state index is 10.7. The van der Waals surface area contributed by atoms with Crippen molar-refractivity contribution in [2.45, 2.75) is 78.3 Å². The van der Waals surface area contributed by atoms with Gasteiger partial charge in [-0.05, 0) is 58.9 Å². The van der Waals surface area contributed by atoms with Gasteiger partial charge < -0.3 is 21.8 Å². The summed E-state index contributed by atoms with van der Waals surface area (Å²) in [5.74, 6) is -0.253. The van der Waals surface area contributed by atoms with E-state index >= 15 is 0 Å². The highest BCUT2D eigenvalue weighted by Crippen LogP contribution is 2.26. The van der Waals surface area contributed by atoms with E-state index in [1.807, 2.05) is 0 Å². The van der Waals surface area contributed by atoms with E-state index in [-0.39, 0.29) is 5.97 Å². The molecule has 0 aliphatic heterocycles. The monoisotopic (exact) mass is 440 g/mol. The Bertz CT molecular complexity index is 433. The topological polar surface area (TPSA) is 63.2 Å². The largest absolute Gasteiger partial charge is 0.466 e. The third-order valence-corrected chi connectivity index (χ3v) is 16.4. The molecule has 0 spiro atoms. The van der Waals surface area contributed by atoms with Crippen LogP contribution in [-0.4, -0.2) is 59.5 Å². The van der Waals surface area contributed by atoms with Gasteiger partial charge in [-0.25, -0.2) is 0 Å². The molecule has 0 saturated heterocycles. The summed E-state index contributed by atoms with van der Waals surface area (Å²) < 4.78 is 30.1. The molecule has 156 valence electrons. The lowest BCUT2D eigenvalue weighted by atomic mass is 10.5. The minimum absolute atomic E-state index is 0.253. The Labute approximate surface area is 164 Å². The van der Waals surface area contributed by atoms with Gasteiger partial charge in [-0.15, -0.1) is 0 Å². The fourth-order valence-electron chi connectivity index (χ4n) is 2.79. The summed E-state index contributed by atoms with van der Waals surface area (Å²) in [5, 5.41) is 0. The van der Waals surface area contributed by atoms with Gasteiger partial charge in [0.25, 0.3) is 0 Å². The van der Waals surface area contributed by atoms with E-state index in [0.29, 0.717) is 26.2 Å². The predicted octanol–water partition coefficient (Wildman–Crippen LogP) is 4.45. The van der Waals surface area contributed by atoms with Crippen molar-refractivity contribution < 1.29 is 26.6 Å². The van der Waals surface area contributed by atoms with E-state index < -0.39 is 33.8 Å². The second-order valence-electron chi connectivity index (χ2n) is 9.12. The minimum atomic E-state index is -2.40. The van der Waals surface area contributed by atoms with Gasteiger partial charge in [-0.2, -0.15) is 0 Å².